The van der Waals surface area contributed by atoms with Crippen LogP contribution >= 0.6 is 0 Å². The number of aromatic nitrogens is 4. The molecule has 34 heavy (non-hydrogen) atoms. The normalized spacial score (nSPS) is 16.9. The number of tetrazole rings is 1. The van der Waals surface area contributed by atoms with Crippen LogP contribution in [0.2, 0.25) is 0 Å². The molecule has 0 saturated heterocycles. The van der Waals surface area contributed by atoms with Crippen molar-refractivity contribution in [1.29, 1.82) is 5.26 Å². The van der Waals surface area contributed by atoms with Gasteiger partial charge >= 0.3 is 0 Å². The average molecular weight is 458 g/mol. The third kappa shape index (κ3) is 4.27. The van der Waals surface area contributed by atoms with Gasteiger partial charge in [0.15, 0.2) is 0 Å². The Hall–Kier alpha value is -3.70. The predicted octanol–water partition coefficient (Wildman–Crippen LogP) is 4.90. The van der Waals surface area contributed by atoms with Crippen LogP contribution in [0.4, 0.5) is 5.69 Å². The Labute approximate surface area is 200 Å². The summed E-state index contributed by atoms with van der Waals surface area (Å²) >= 11 is 0. The fraction of sp³-hybridized carbons (Fsp3) is 0.385. The summed E-state index contributed by atoms with van der Waals surface area (Å²) < 4.78 is 0. The van der Waals surface area contributed by atoms with Gasteiger partial charge in [-0.1, -0.05) is 63.6 Å². The molecule has 0 fully saturated rings. The van der Waals surface area contributed by atoms with Crippen molar-refractivity contribution in [3.63, 3.8) is 0 Å². The van der Waals surface area contributed by atoms with Crippen molar-refractivity contribution >= 4 is 5.69 Å². The van der Waals surface area contributed by atoms with Crippen LogP contribution < -0.4 is 4.90 Å². The minimum absolute atomic E-state index is 0.0444. The van der Waals surface area contributed by atoms with E-state index in [1.165, 1.54) is 0 Å². The maximum Gasteiger partial charge on any atom is 0.205 e. The predicted molar refractivity (Wildman–Crippen MR) is 132 cm³/mol. The smallest absolute Gasteiger partial charge is 0.205 e. The number of unbranched alkanes of at least 4 members (excludes halogenated alkanes) is 1. The van der Waals surface area contributed by atoms with Crippen molar-refractivity contribution in [2.45, 2.75) is 59.4 Å². The number of anilines is 1. The van der Waals surface area contributed by atoms with Gasteiger partial charge in [-0.05, 0) is 54.2 Å². The number of rotatable bonds is 8. The Morgan fingerprint density at radius 1 is 1.12 bits per heavy atom. The van der Waals surface area contributed by atoms with Crippen LogP contribution in [0.3, 0.4) is 0 Å². The Balaban J connectivity index is 1.72. The first-order valence-corrected chi connectivity index (χ1v) is 11.8. The van der Waals surface area contributed by atoms with E-state index in [9.17, 15) is 10.4 Å². The van der Waals surface area contributed by atoms with Crippen LogP contribution in [0, 0.1) is 17.2 Å². The molecule has 4 rings (SSSR count). The zero-order valence-electron chi connectivity index (χ0n) is 20.1. The summed E-state index contributed by atoms with van der Waals surface area (Å²) in [6.45, 7) is 8.08. The number of aliphatic hydroxyl groups is 1. The van der Waals surface area contributed by atoms with Gasteiger partial charge in [-0.3, -0.25) is 0 Å². The second-order valence-electron chi connectivity index (χ2n) is 8.93. The largest absolute Gasteiger partial charge is 0.373 e. The van der Waals surface area contributed by atoms with Crippen LogP contribution in [0.25, 0.3) is 22.5 Å². The Kier molecular flexibility index (Phi) is 6.94. The van der Waals surface area contributed by atoms with Crippen molar-refractivity contribution in [2.75, 3.05) is 4.90 Å². The molecule has 0 bridgehead atoms. The second-order valence-corrected chi connectivity index (χ2v) is 8.93. The number of nitrogens with zero attached hydrogens (tertiary/aromatic N) is 6. The number of H-pyrrole nitrogens is 1. The molecule has 176 valence electrons. The molecule has 2 unspecified atom stereocenters. The molecule has 8 heteroatoms. The number of allylic oxidation sites excluding steroid dienone is 2. The van der Waals surface area contributed by atoms with Gasteiger partial charge in [0.05, 0.1) is 0 Å². The third-order valence-corrected chi connectivity index (χ3v) is 6.36. The molecule has 0 spiro atoms. The molecule has 0 saturated carbocycles. The molecule has 1 aliphatic heterocycles. The van der Waals surface area contributed by atoms with Crippen LogP contribution in [0.15, 0.2) is 59.9 Å². The van der Waals surface area contributed by atoms with E-state index in [4.69, 9.17) is 0 Å². The maximum absolute atomic E-state index is 11.0. The lowest BCUT2D eigenvalue weighted by molar-refractivity contribution is -0.0260. The Morgan fingerprint density at radius 2 is 1.82 bits per heavy atom. The molecule has 1 aromatic heterocycles. The average Bonchev–Trinajstić information content (AvgIpc) is 3.48. The zero-order chi connectivity index (χ0) is 24.2. The van der Waals surface area contributed by atoms with Gasteiger partial charge in [-0.2, -0.15) is 10.5 Å². The van der Waals surface area contributed by atoms with Gasteiger partial charge in [0.25, 0.3) is 0 Å². The molecular formula is C26H31N7O. The van der Waals surface area contributed by atoms with Gasteiger partial charge in [-0.15, -0.1) is 10.2 Å². The van der Waals surface area contributed by atoms with E-state index in [1.54, 1.807) is 0 Å². The summed E-state index contributed by atoms with van der Waals surface area (Å²) in [5.74, 6) is 0.588. The topological polar surface area (TPSA) is 105 Å². The van der Waals surface area contributed by atoms with E-state index in [2.05, 4.69) is 50.6 Å². The molecule has 0 amide bonds. The molecular weight excluding hydrogens is 426 g/mol. The van der Waals surface area contributed by atoms with Gasteiger partial charge < -0.3 is 14.9 Å². The second kappa shape index (κ2) is 10.1. The van der Waals surface area contributed by atoms with Gasteiger partial charge in [-0.25, -0.2) is 0 Å². The van der Waals surface area contributed by atoms with Crippen molar-refractivity contribution in [3.05, 3.63) is 59.9 Å². The summed E-state index contributed by atoms with van der Waals surface area (Å²) in [6, 6.07) is 18.5. The van der Waals surface area contributed by atoms with Crippen molar-refractivity contribution < 1.29 is 5.11 Å². The molecule has 8 nitrogen and oxygen atoms in total. The van der Waals surface area contributed by atoms with E-state index >= 15 is 0 Å². The lowest BCUT2D eigenvalue weighted by atomic mass is 9.99. The van der Waals surface area contributed by atoms with Gasteiger partial charge in [0.1, 0.15) is 24.2 Å². The molecule has 0 radical (unpaired) electrons. The van der Waals surface area contributed by atoms with Crippen LogP contribution in [0.1, 0.15) is 47.0 Å². The highest BCUT2D eigenvalue weighted by Crippen LogP contribution is 2.39. The number of hydrogen-bond donors (Lipinski definition) is 2. The lowest BCUT2D eigenvalue weighted by Gasteiger charge is -2.38. The lowest BCUT2D eigenvalue weighted by Crippen LogP contribution is -2.47. The minimum atomic E-state index is -0.656. The summed E-state index contributed by atoms with van der Waals surface area (Å²) in [5, 5.41) is 35.5. The third-order valence-electron chi connectivity index (χ3n) is 6.36. The maximum atomic E-state index is 11.0. The number of nitrogens with one attached hydrogen (secondary N) is 1. The molecule has 2 N–H and O–H groups in total. The highest BCUT2D eigenvalue weighted by molar-refractivity contribution is 5.81. The number of nitriles is 1. The molecule has 2 atom stereocenters. The van der Waals surface area contributed by atoms with Gasteiger partial charge in [0, 0.05) is 16.9 Å². The number of aromatic amines is 1. The monoisotopic (exact) mass is 457 g/mol. The highest BCUT2D eigenvalue weighted by Gasteiger charge is 2.40. The summed E-state index contributed by atoms with van der Waals surface area (Å²) in [6.07, 6.45) is 2.14. The summed E-state index contributed by atoms with van der Waals surface area (Å²) in [7, 11) is 0. The fourth-order valence-electron chi connectivity index (χ4n) is 4.59. The first-order chi connectivity index (χ1) is 16.5. The number of aliphatic hydroxyl groups excluding tert-OH is 1. The summed E-state index contributed by atoms with van der Waals surface area (Å²) in [5.41, 5.74) is 5.24. The van der Waals surface area contributed by atoms with Crippen LogP contribution in [0.5, 0.6) is 0 Å². The SMILES string of the molecule is CCCCC1N(c2ccc(-c3ccccc3-c3nn[nH]n3)cc2)C(C#N)=C(C)N1C(O)C(C)C. The zero-order valence-corrected chi connectivity index (χ0v) is 20.1. The van der Waals surface area contributed by atoms with Gasteiger partial charge in [0.2, 0.25) is 5.82 Å². The first kappa shape index (κ1) is 23.5. The molecule has 2 aromatic carbocycles. The quantitative estimate of drug-likeness (QED) is 0.495. The molecule has 1 aliphatic rings. The van der Waals surface area contributed by atoms with Crippen LogP contribution in [-0.4, -0.2) is 43.0 Å². The number of benzene rings is 2. The molecule has 0 aliphatic carbocycles. The van der Waals surface area contributed by atoms with Crippen molar-refractivity contribution in [2.24, 2.45) is 5.92 Å². The standard InChI is InChI=1S/C26H31N7O/c1-5-6-11-24-32(26(34)17(2)3)18(4)23(16-27)33(24)20-14-12-19(13-15-20)21-9-7-8-10-22(21)25-28-30-31-29-25/h7-10,12-15,17,24,26,34H,5-6,11H2,1-4H3,(H,28,29,30,31). The highest BCUT2D eigenvalue weighted by atomic mass is 16.3. The minimum Gasteiger partial charge on any atom is -0.373 e. The number of hydrogen-bond acceptors (Lipinski definition) is 7. The summed E-state index contributed by atoms with van der Waals surface area (Å²) in [4.78, 5) is 4.09. The van der Waals surface area contributed by atoms with E-state index in [0.29, 0.717) is 11.5 Å². The van der Waals surface area contributed by atoms with E-state index < -0.39 is 6.23 Å². The first-order valence-electron chi connectivity index (χ1n) is 11.8. The Morgan fingerprint density at radius 3 is 2.41 bits per heavy atom. The molecule has 2 heterocycles. The van der Waals surface area contributed by atoms with E-state index in [0.717, 1.165) is 47.3 Å². The van der Waals surface area contributed by atoms with E-state index in [1.807, 2.05) is 62.1 Å². The fourth-order valence-corrected chi connectivity index (χ4v) is 4.59. The van der Waals surface area contributed by atoms with Crippen molar-refractivity contribution in [1.82, 2.24) is 25.5 Å². The molecule has 3 aromatic rings. The van der Waals surface area contributed by atoms with Crippen molar-refractivity contribution in [3.8, 4) is 28.6 Å². The van der Waals surface area contributed by atoms with Crippen LogP contribution in [-0.2, 0) is 0 Å². The van der Waals surface area contributed by atoms with E-state index in [-0.39, 0.29) is 12.1 Å². The Bertz CT molecular complexity index is 1180.